The van der Waals surface area contributed by atoms with Gasteiger partial charge in [0.05, 0.1) is 18.6 Å². The fraction of sp³-hybridized carbons (Fsp3) is 0.308. The maximum absolute atomic E-state index is 11.6. The summed E-state index contributed by atoms with van der Waals surface area (Å²) in [6.07, 6.45) is 6.60. The Kier molecular flexibility index (Phi) is 3.90. The average molecular weight is 279 g/mol. The number of amides is 2. The average Bonchev–Trinajstić information content (AvgIpc) is 2.72. The number of methoxy groups -OCH3 is 1. The second kappa shape index (κ2) is 5.44. The smallest absolute Gasteiger partial charge is 0.330 e. The molecular weight excluding hydrogens is 266 g/mol. The summed E-state index contributed by atoms with van der Waals surface area (Å²) in [4.78, 5) is 35.7. The third kappa shape index (κ3) is 2.78. The summed E-state index contributed by atoms with van der Waals surface area (Å²) in [6, 6.07) is 0. The first-order valence-corrected chi connectivity index (χ1v) is 6.70. The summed E-state index contributed by atoms with van der Waals surface area (Å²) in [6.45, 7) is 1.92. The van der Waals surface area contributed by atoms with Gasteiger partial charge in [0.1, 0.15) is 0 Å². The molecule has 1 saturated heterocycles. The van der Waals surface area contributed by atoms with Crippen LogP contribution in [0.3, 0.4) is 0 Å². The quantitative estimate of drug-likeness (QED) is 0.570. The van der Waals surface area contributed by atoms with E-state index in [1.54, 1.807) is 12.2 Å². The van der Waals surface area contributed by atoms with Gasteiger partial charge in [0.2, 0.25) is 5.91 Å². The zero-order valence-corrected chi connectivity index (χ0v) is 11.4. The van der Waals surface area contributed by atoms with E-state index >= 15 is 0 Å². The number of carbonyl (C=O) groups is 3. The number of hydrogen-bond donors (Lipinski definition) is 0. The summed E-state index contributed by atoms with van der Waals surface area (Å²) >= 11 is 0.979. The van der Waals surface area contributed by atoms with Gasteiger partial charge in [0.25, 0.3) is 5.24 Å². The molecule has 2 aliphatic rings. The van der Waals surface area contributed by atoms with E-state index < -0.39 is 5.97 Å². The van der Waals surface area contributed by atoms with Crippen molar-refractivity contribution in [1.82, 2.24) is 4.90 Å². The normalized spacial score (nSPS) is 24.9. The molecule has 1 aliphatic carbocycles. The fourth-order valence-corrected chi connectivity index (χ4v) is 2.53. The van der Waals surface area contributed by atoms with Crippen LogP contribution >= 0.6 is 11.8 Å². The molecular formula is C13H13NO4S. The van der Waals surface area contributed by atoms with E-state index in [2.05, 4.69) is 4.74 Å². The van der Waals surface area contributed by atoms with Gasteiger partial charge in [0.15, 0.2) is 0 Å². The van der Waals surface area contributed by atoms with Gasteiger partial charge < -0.3 is 4.74 Å². The van der Waals surface area contributed by atoms with E-state index in [0.717, 1.165) is 16.7 Å². The highest BCUT2D eigenvalue weighted by molar-refractivity contribution is 8.14. The molecule has 0 radical (unpaired) electrons. The molecule has 1 fully saturated rings. The Bertz CT molecular complexity index is 517. The maximum atomic E-state index is 11.6. The van der Waals surface area contributed by atoms with E-state index in [1.165, 1.54) is 13.2 Å². The lowest BCUT2D eigenvalue weighted by molar-refractivity contribution is -0.134. The van der Waals surface area contributed by atoms with Gasteiger partial charge in [-0.2, -0.15) is 0 Å². The first-order valence-electron chi connectivity index (χ1n) is 5.72. The summed E-state index contributed by atoms with van der Waals surface area (Å²) in [5.41, 5.74) is 1.20. The molecule has 1 heterocycles. The molecule has 1 aliphatic heterocycles. The van der Waals surface area contributed by atoms with Crippen molar-refractivity contribution in [3.63, 3.8) is 0 Å². The zero-order chi connectivity index (χ0) is 14.0. The van der Waals surface area contributed by atoms with Gasteiger partial charge in [-0.25, -0.2) is 9.69 Å². The highest BCUT2D eigenvalue weighted by Crippen LogP contribution is 2.29. The standard InChI is InChI=1S/C13H13NO4S/c1-8-3-4-10(5-9(8)6-12(16)18-2)14-11(15)7-19-13(14)17/h3-6,8H,7H2,1-2H3. The highest BCUT2D eigenvalue weighted by atomic mass is 32.2. The van der Waals surface area contributed by atoms with Gasteiger partial charge in [-0.1, -0.05) is 24.8 Å². The molecule has 0 spiro atoms. The maximum Gasteiger partial charge on any atom is 0.330 e. The van der Waals surface area contributed by atoms with Gasteiger partial charge in [-0.05, 0) is 23.6 Å². The number of nitrogens with zero attached hydrogens (tertiary/aromatic N) is 1. The monoisotopic (exact) mass is 279 g/mol. The number of esters is 1. The molecule has 0 N–H and O–H groups in total. The van der Waals surface area contributed by atoms with Crippen molar-refractivity contribution in [2.24, 2.45) is 5.92 Å². The Balaban J connectivity index is 2.31. The van der Waals surface area contributed by atoms with Crippen molar-refractivity contribution >= 4 is 28.9 Å². The fourth-order valence-electron chi connectivity index (χ4n) is 1.82. The van der Waals surface area contributed by atoms with Crippen molar-refractivity contribution in [1.29, 1.82) is 0 Å². The zero-order valence-electron chi connectivity index (χ0n) is 10.6. The molecule has 6 heteroatoms. The SMILES string of the molecule is COC(=O)C=C1C=C(N2C(=O)CSC2=O)C=CC1C. The summed E-state index contributed by atoms with van der Waals surface area (Å²) in [7, 11) is 1.30. The predicted molar refractivity (Wildman–Crippen MR) is 71.2 cm³/mol. The minimum Gasteiger partial charge on any atom is -0.466 e. The molecule has 0 aromatic carbocycles. The number of thioether (sulfide) groups is 1. The molecule has 19 heavy (non-hydrogen) atoms. The van der Waals surface area contributed by atoms with E-state index in [-0.39, 0.29) is 22.8 Å². The molecule has 1 unspecified atom stereocenters. The van der Waals surface area contributed by atoms with E-state index in [1.807, 2.05) is 13.0 Å². The van der Waals surface area contributed by atoms with E-state index in [0.29, 0.717) is 11.3 Å². The van der Waals surface area contributed by atoms with Gasteiger partial charge >= 0.3 is 5.97 Å². The Morgan fingerprint density at radius 1 is 1.53 bits per heavy atom. The summed E-state index contributed by atoms with van der Waals surface area (Å²) in [5.74, 6) is -0.502. The van der Waals surface area contributed by atoms with Crippen molar-refractivity contribution < 1.29 is 19.1 Å². The predicted octanol–water partition coefficient (Wildman–Crippen LogP) is 1.87. The third-order valence-electron chi connectivity index (χ3n) is 2.89. The van der Waals surface area contributed by atoms with Crippen LogP contribution in [0.1, 0.15) is 6.92 Å². The Morgan fingerprint density at radius 2 is 2.26 bits per heavy atom. The topological polar surface area (TPSA) is 63.7 Å². The Hall–Kier alpha value is -1.82. The molecule has 2 amide bonds. The number of rotatable bonds is 2. The van der Waals surface area contributed by atoms with Crippen molar-refractivity contribution in [2.45, 2.75) is 6.92 Å². The van der Waals surface area contributed by atoms with Gasteiger partial charge in [-0.3, -0.25) is 9.59 Å². The van der Waals surface area contributed by atoms with Crippen LogP contribution in [0.15, 0.2) is 35.6 Å². The lowest BCUT2D eigenvalue weighted by Crippen LogP contribution is -2.28. The lowest BCUT2D eigenvalue weighted by atomic mass is 9.94. The molecule has 5 nitrogen and oxygen atoms in total. The summed E-state index contributed by atoms with van der Waals surface area (Å²) < 4.78 is 4.58. The van der Waals surface area contributed by atoms with Crippen molar-refractivity contribution in [2.75, 3.05) is 12.9 Å². The third-order valence-corrected chi connectivity index (χ3v) is 3.71. The molecule has 0 aromatic rings. The molecule has 100 valence electrons. The number of imide groups is 1. The van der Waals surface area contributed by atoms with Crippen LogP contribution in [0, 0.1) is 5.92 Å². The lowest BCUT2D eigenvalue weighted by Gasteiger charge is -2.20. The first kappa shape index (κ1) is 13.6. The van der Waals surface area contributed by atoms with E-state index in [9.17, 15) is 14.4 Å². The van der Waals surface area contributed by atoms with Crippen LogP contribution < -0.4 is 0 Å². The van der Waals surface area contributed by atoms with Crippen LogP contribution in [0.2, 0.25) is 0 Å². The van der Waals surface area contributed by atoms with Crippen LogP contribution in [-0.2, 0) is 14.3 Å². The van der Waals surface area contributed by atoms with Crippen molar-refractivity contribution in [3.05, 3.63) is 35.6 Å². The number of hydrogen-bond acceptors (Lipinski definition) is 5. The first-order chi connectivity index (χ1) is 9.02. The van der Waals surface area contributed by atoms with E-state index in [4.69, 9.17) is 0 Å². The number of ether oxygens (including phenoxy) is 1. The van der Waals surface area contributed by atoms with Crippen LogP contribution in [0.25, 0.3) is 0 Å². The minimum absolute atomic E-state index is 0.0308. The molecule has 0 aromatic heterocycles. The molecule has 0 saturated carbocycles. The second-order valence-corrected chi connectivity index (χ2v) is 5.09. The minimum atomic E-state index is -0.457. The number of carbonyl (C=O) groups excluding carboxylic acids is 3. The molecule has 2 rings (SSSR count). The largest absolute Gasteiger partial charge is 0.466 e. The number of allylic oxidation sites excluding steroid dienone is 4. The van der Waals surface area contributed by atoms with Crippen LogP contribution in [0.4, 0.5) is 4.79 Å². The van der Waals surface area contributed by atoms with Crippen LogP contribution in [0.5, 0.6) is 0 Å². The van der Waals surface area contributed by atoms with Crippen molar-refractivity contribution in [3.8, 4) is 0 Å². The van der Waals surface area contributed by atoms with Gasteiger partial charge in [-0.15, -0.1) is 0 Å². The highest BCUT2D eigenvalue weighted by Gasteiger charge is 2.32. The Morgan fingerprint density at radius 3 is 2.84 bits per heavy atom. The molecule has 1 atom stereocenters. The van der Waals surface area contributed by atoms with Gasteiger partial charge in [0, 0.05) is 6.08 Å². The summed E-state index contributed by atoms with van der Waals surface area (Å²) in [5, 5.41) is -0.284. The second-order valence-electron chi connectivity index (χ2n) is 4.17. The molecule has 0 bridgehead atoms. The Labute approximate surface area is 115 Å². The van der Waals surface area contributed by atoms with Crippen LogP contribution in [-0.4, -0.2) is 34.9 Å².